The fraction of sp³-hybridized carbons (Fsp3) is 0.571. The molecule has 2 unspecified atom stereocenters. The van der Waals surface area contributed by atoms with Gasteiger partial charge in [0.15, 0.2) is 11.5 Å². The second kappa shape index (κ2) is 7.24. The van der Waals surface area contributed by atoms with Crippen LogP contribution in [0.25, 0.3) is 0 Å². The van der Waals surface area contributed by atoms with Crippen molar-refractivity contribution >= 4 is 0 Å². The average molecular weight is 252 g/mol. The first kappa shape index (κ1) is 14.8. The summed E-state index contributed by atoms with van der Waals surface area (Å²) < 4.78 is 10.6. The standard InChI is InChI=1S/C14H24N2O2/c1-6-14(15-3)16-10(2)11-7-8-12(17-4)13(9-11)18-5/h7-10,14-16H,6H2,1-5H3. The predicted octanol–water partition coefficient (Wildman–Crippen LogP) is 2.31. The fourth-order valence-corrected chi connectivity index (χ4v) is 1.93. The van der Waals surface area contributed by atoms with Crippen molar-refractivity contribution in [3.05, 3.63) is 23.8 Å². The smallest absolute Gasteiger partial charge is 0.161 e. The lowest BCUT2D eigenvalue weighted by molar-refractivity contribution is 0.352. The molecule has 2 N–H and O–H groups in total. The molecule has 0 amide bonds. The van der Waals surface area contributed by atoms with Crippen LogP contribution in [0.4, 0.5) is 0 Å². The fourth-order valence-electron chi connectivity index (χ4n) is 1.93. The number of methoxy groups -OCH3 is 2. The molecule has 1 aromatic rings. The number of nitrogens with one attached hydrogen (secondary N) is 2. The van der Waals surface area contributed by atoms with Crippen molar-refractivity contribution in [1.82, 2.24) is 10.6 Å². The van der Waals surface area contributed by atoms with Gasteiger partial charge in [-0.1, -0.05) is 13.0 Å². The van der Waals surface area contributed by atoms with E-state index >= 15 is 0 Å². The van der Waals surface area contributed by atoms with Gasteiger partial charge < -0.3 is 14.8 Å². The molecule has 0 heterocycles. The summed E-state index contributed by atoms with van der Waals surface area (Å²) in [6, 6.07) is 6.26. The molecule has 0 bridgehead atoms. The van der Waals surface area contributed by atoms with E-state index in [1.54, 1.807) is 14.2 Å². The molecule has 4 nitrogen and oxygen atoms in total. The third kappa shape index (κ3) is 3.62. The molecule has 0 aliphatic heterocycles. The van der Waals surface area contributed by atoms with Gasteiger partial charge in [0.2, 0.25) is 0 Å². The van der Waals surface area contributed by atoms with Gasteiger partial charge in [-0.15, -0.1) is 0 Å². The number of benzene rings is 1. The molecule has 0 fully saturated rings. The molecule has 1 rings (SSSR count). The molecule has 4 heteroatoms. The SMILES string of the molecule is CCC(NC)NC(C)c1ccc(OC)c(OC)c1. The van der Waals surface area contributed by atoms with Crippen LogP contribution in [0.3, 0.4) is 0 Å². The molecule has 0 aromatic heterocycles. The van der Waals surface area contributed by atoms with Crippen molar-refractivity contribution in [2.45, 2.75) is 32.5 Å². The summed E-state index contributed by atoms with van der Waals surface area (Å²) in [7, 11) is 5.26. The first-order chi connectivity index (χ1) is 8.65. The normalized spacial score (nSPS) is 14.1. The largest absolute Gasteiger partial charge is 0.493 e. The Bertz CT molecular complexity index is 365. The van der Waals surface area contributed by atoms with Crippen LogP contribution in [0.15, 0.2) is 18.2 Å². The van der Waals surface area contributed by atoms with Crippen LogP contribution in [-0.2, 0) is 0 Å². The highest BCUT2D eigenvalue weighted by molar-refractivity contribution is 5.43. The van der Waals surface area contributed by atoms with Gasteiger partial charge in [-0.2, -0.15) is 0 Å². The molecule has 0 radical (unpaired) electrons. The minimum Gasteiger partial charge on any atom is -0.493 e. The first-order valence-electron chi connectivity index (χ1n) is 6.31. The molecule has 0 saturated heterocycles. The lowest BCUT2D eigenvalue weighted by atomic mass is 10.1. The summed E-state index contributed by atoms with van der Waals surface area (Å²) in [6.45, 7) is 4.29. The lowest BCUT2D eigenvalue weighted by Crippen LogP contribution is -2.40. The van der Waals surface area contributed by atoms with Crippen LogP contribution >= 0.6 is 0 Å². The Balaban J connectivity index is 2.82. The number of rotatable bonds is 7. The molecule has 1 aromatic carbocycles. The van der Waals surface area contributed by atoms with Gasteiger partial charge in [-0.3, -0.25) is 5.32 Å². The average Bonchev–Trinajstić information content (AvgIpc) is 2.43. The molecule has 0 saturated carbocycles. The van der Waals surface area contributed by atoms with Gasteiger partial charge in [-0.05, 0) is 38.1 Å². The minimum atomic E-state index is 0.252. The zero-order valence-corrected chi connectivity index (χ0v) is 11.9. The number of ether oxygens (including phenoxy) is 2. The molecular weight excluding hydrogens is 228 g/mol. The van der Waals surface area contributed by atoms with Crippen molar-refractivity contribution in [3.63, 3.8) is 0 Å². The maximum Gasteiger partial charge on any atom is 0.161 e. The van der Waals surface area contributed by atoms with E-state index < -0.39 is 0 Å². The van der Waals surface area contributed by atoms with Crippen LogP contribution in [-0.4, -0.2) is 27.4 Å². The predicted molar refractivity (Wildman–Crippen MR) is 74.2 cm³/mol. The summed E-state index contributed by atoms with van der Waals surface area (Å²) in [5.74, 6) is 1.52. The van der Waals surface area contributed by atoms with E-state index in [2.05, 4.69) is 30.5 Å². The molecule has 0 aliphatic rings. The zero-order chi connectivity index (χ0) is 13.5. The zero-order valence-electron chi connectivity index (χ0n) is 11.9. The van der Waals surface area contributed by atoms with E-state index in [9.17, 15) is 0 Å². The maximum atomic E-state index is 5.32. The third-order valence-corrected chi connectivity index (χ3v) is 3.12. The van der Waals surface area contributed by atoms with Crippen molar-refractivity contribution < 1.29 is 9.47 Å². The minimum absolute atomic E-state index is 0.252. The van der Waals surface area contributed by atoms with Gasteiger partial charge in [0.1, 0.15) is 0 Å². The van der Waals surface area contributed by atoms with Crippen LogP contribution in [0, 0.1) is 0 Å². The second-order valence-corrected chi connectivity index (χ2v) is 4.25. The van der Waals surface area contributed by atoms with E-state index in [4.69, 9.17) is 9.47 Å². The molecule has 102 valence electrons. The van der Waals surface area contributed by atoms with E-state index in [0.717, 1.165) is 17.9 Å². The number of hydrogen-bond acceptors (Lipinski definition) is 4. The van der Waals surface area contributed by atoms with Crippen LogP contribution in [0.2, 0.25) is 0 Å². The molecule has 0 spiro atoms. The van der Waals surface area contributed by atoms with Crippen molar-refractivity contribution in [2.24, 2.45) is 0 Å². The van der Waals surface area contributed by atoms with E-state index in [-0.39, 0.29) is 6.04 Å². The summed E-state index contributed by atoms with van der Waals surface area (Å²) in [6.07, 6.45) is 1.35. The Morgan fingerprint density at radius 3 is 2.33 bits per heavy atom. The quantitative estimate of drug-likeness (QED) is 0.731. The van der Waals surface area contributed by atoms with Crippen molar-refractivity contribution in [1.29, 1.82) is 0 Å². The highest BCUT2D eigenvalue weighted by Gasteiger charge is 2.12. The Kier molecular flexibility index (Phi) is 5.95. The van der Waals surface area contributed by atoms with E-state index in [0.29, 0.717) is 6.17 Å². The molecule has 18 heavy (non-hydrogen) atoms. The van der Waals surface area contributed by atoms with Crippen LogP contribution in [0.5, 0.6) is 11.5 Å². The van der Waals surface area contributed by atoms with Crippen LogP contribution in [0.1, 0.15) is 31.9 Å². The van der Waals surface area contributed by atoms with Crippen molar-refractivity contribution in [3.8, 4) is 11.5 Å². The highest BCUT2D eigenvalue weighted by Crippen LogP contribution is 2.29. The Morgan fingerprint density at radius 2 is 1.83 bits per heavy atom. The van der Waals surface area contributed by atoms with E-state index in [1.807, 2.05) is 19.2 Å². The number of hydrogen-bond donors (Lipinski definition) is 2. The lowest BCUT2D eigenvalue weighted by Gasteiger charge is -2.22. The van der Waals surface area contributed by atoms with Gasteiger partial charge >= 0.3 is 0 Å². The highest BCUT2D eigenvalue weighted by atomic mass is 16.5. The first-order valence-corrected chi connectivity index (χ1v) is 6.31. The van der Waals surface area contributed by atoms with Gasteiger partial charge in [-0.25, -0.2) is 0 Å². The molecule has 0 aliphatic carbocycles. The van der Waals surface area contributed by atoms with Gasteiger partial charge in [0.25, 0.3) is 0 Å². The van der Waals surface area contributed by atoms with Gasteiger partial charge in [0.05, 0.1) is 20.4 Å². The Morgan fingerprint density at radius 1 is 1.17 bits per heavy atom. The second-order valence-electron chi connectivity index (χ2n) is 4.25. The molecular formula is C14H24N2O2. The van der Waals surface area contributed by atoms with Gasteiger partial charge in [0, 0.05) is 6.04 Å². The van der Waals surface area contributed by atoms with E-state index in [1.165, 1.54) is 5.56 Å². The summed E-state index contributed by atoms with van der Waals surface area (Å²) in [5, 5.41) is 6.75. The van der Waals surface area contributed by atoms with Crippen LogP contribution < -0.4 is 20.1 Å². The summed E-state index contributed by atoms with van der Waals surface area (Å²) in [5.41, 5.74) is 1.18. The third-order valence-electron chi connectivity index (χ3n) is 3.12. The summed E-state index contributed by atoms with van der Waals surface area (Å²) in [4.78, 5) is 0. The Labute approximate surface area is 110 Å². The summed E-state index contributed by atoms with van der Waals surface area (Å²) >= 11 is 0. The van der Waals surface area contributed by atoms with Crippen molar-refractivity contribution in [2.75, 3.05) is 21.3 Å². The monoisotopic (exact) mass is 252 g/mol. The Hall–Kier alpha value is -1.26. The topological polar surface area (TPSA) is 42.5 Å². The maximum absolute atomic E-state index is 5.32. The molecule has 2 atom stereocenters.